The predicted octanol–water partition coefficient (Wildman–Crippen LogP) is 4.59. The average molecular weight is 702 g/mol. The van der Waals surface area contributed by atoms with Crippen molar-refractivity contribution < 1.29 is 23.1 Å². The number of pyridine rings is 1. The summed E-state index contributed by atoms with van der Waals surface area (Å²) in [7, 11) is -4.14. The van der Waals surface area contributed by atoms with E-state index in [1.165, 1.54) is 16.4 Å². The Kier molecular flexibility index (Phi) is 10.4. The lowest BCUT2D eigenvalue weighted by molar-refractivity contribution is -0.124. The highest BCUT2D eigenvalue weighted by Gasteiger charge is 2.41. The summed E-state index contributed by atoms with van der Waals surface area (Å²) < 4.78 is 37.4. The lowest BCUT2D eigenvalue weighted by Crippen LogP contribution is -2.47. The van der Waals surface area contributed by atoms with Crippen molar-refractivity contribution in [3.63, 3.8) is 0 Å². The van der Waals surface area contributed by atoms with E-state index in [0.717, 1.165) is 42.7 Å². The molecule has 2 N–H and O–H groups in total. The highest BCUT2D eigenvalue weighted by Crippen LogP contribution is 2.37. The molecule has 0 spiro atoms. The number of aliphatic hydroxyl groups is 1. The third-order valence-corrected chi connectivity index (χ3v) is 11.8. The van der Waals surface area contributed by atoms with Crippen LogP contribution in [-0.4, -0.2) is 88.5 Å². The summed E-state index contributed by atoms with van der Waals surface area (Å²) in [6.07, 6.45) is 8.09. The van der Waals surface area contributed by atoms with Gasteiger partial charge in [-0.2, -0.15) is 4.31 Å². The van der Waals surface area contributed by atoms with Crippen LogP contribution in [0.1, 0.15) is 36.9 Å². The van der Waals surface area contributed by atoms with E-state index < -0.39 is 16.1 Å². The number of aromatic nitrogens is 3. The zero-order valence-corrected chi connectivity index (χ0v) is 28.4. The second kappa shape index (κ2) is 14.5. The maximum absolute atomic E-state index is 14.0. The number of fused-ring (bicyclic) bond motifs is 1. The van der Waals surface area contributed by atoms with Crippen LogP contribution in [-0.2, 0) is 21.4 Å². The van der Waals surface area contributed by atoms with Crippen LogP contribution in [0, 0.1) is 12.8 Å². The fraction of sp³-hybridized carbons (Fsp3) is 0.424. The fourth-order valence-electron chi connectivity index (χ4n) is 6.45. The largest absolute Gasteiger partial charge is 0.487 e. The molecule has 2 aliphatic heterocycles. The number of nitrogens with zero attached hydrogens (tertiary/aromatic N) is 5. The number of rotatable bonds is 11. The number of piperidine rings is 1. The van der Waals surface area contributed by atoms with Gasteiger partial charge in [0.05, 0.1) is 23.6 Å². The molecule has 6 rings (SSSR count). The lowest BCUT2D eigenvalue weighted by Gasteiger charge is -2.32. The number of aliphatic hydroxyl groups excluding tert-OH is 1. The molecule has 0 bridgehead atoms. The summed E-state index contributed by atoms with van der Waals surface area (Å²) in [5, 5.41) is 13.3. The number of carbonyl (C=O) groups excluding carboxylic acids is 1. The van der Waals surface area contributed by atoms with Crippen molar-refractivity contribution in [1.29, 1.82) is 0 Å². The number of hydrogen-bond donors (Lipinski definition) is 2. The number of halogens is 2. The molecule has 0 aliphatic carbocycles. The zero-order valence-electron chi connectivity index (χ0n) is 26.1. The van der Waals surface area contributed by atoms with Crippen LogP contribution in [0.25, 0.3) is 16.6 Å². The summed E-state index contributed by atoms with van der Waals surface area (Å²) in [6, 6.07) is 9.62. The molecule has 4 aromatic rings. The second-order valence-electron chi connectivity index (χ2n) is 12.1. The van der Waals surface area contributed by atoms with Gasteiger partial charge in [0.1, 0.15) is 28.8 Å². The molecule has 2 fully saturated rings. The number of aryl methyl sites for hydroxylation is 1. The zero-order chi connectivity index (χ0) is 33.1. The molecule has 1 atom stereocenters. The number of sulfonamides is 1. The molecule has 2 aromatic heterocycles. The van der Waals surface area contributed by atoms with E-state index in [2.05, 4.69) is 15.2 Å². The van der Waals surface area contributed by atoms with E-state index in [-0.39, 0.29) is 40.6 Å². The van der Waals surface area contributed by atoms with Crippen LogP contribution in [0.3, 0.4) is 0 Å². The number of β-amino-alcohol motifs (C(OH)–C–C–N with tert-alkyl or cyclic N) is 1. The van der Waals surface area contributed by atoms with Gasteiger partial charge in [0.25, 0.3) is 0 Å². The number of hydrogen-bond acceptors (Lipinski definition) is 8. The Hall–Kier alpha value is -3.26. The molecular weight excluding hydrogens is 663 g/mol. The molecule has 1 amide bonds. The highest BCUT2D eigenvalue weighted by atomic mass is 35.5. The van der Waals surface area contributed by atoms with Gasteiger partial charge in [-0.3, -0.25) is 4.79 Å². The second-order valence-corrected chi connectivity index (χ2v) is 14.7. The van der Waals surface area contributed by atoms with E-state index in [4.69, 9.17) is 32.9 Å². The van der Waals surface area contributed by atoms with E-state index in [1.54, 1.807) is 18.6 Å². The predicted molar refractivity (Wildman–Crippen MR) is 181 cm³/mol. The first-order valence-corrected chi connectivity index (χ1v) is 18.0. The number of nitrogens with one attached hydrogen (secondary N) is 1. The lowest BCUT2D eigenvalue weighted by atomic mass is 9.96. The summed E-state index contributed by atoms with van der Waals surface area (Å²) >= 11 is 13.3. The van der Waals surface area contributed by atoms with E-state index in [0.29, 0.717) is 48.7 Å². The first-order chi connectivity index (χ1) is 22.7. The van der Waals surface area contributed by atoms with Gasteiger partial charge in [-0.1, -0.05) is 35.3 Å². The van der Waals surface area contributed by atoms with Crippen molar-refractivity contribution in [3.8, 4) is 11.4 Å². The van der Waals surface area contributed by atoms with Gasteiger partial charge in [0.2, 0.25) is 15.9 Å². The molecule has 11 nitrogen and oxygen atoms in total. The van der Waals surface area contributed by atoms with Gasteiger partial charge in [-0.25, -0.2) is 18.4 Å². The quantitative estimate of drug-likeness (QED) is 0.233. The summed E-state index contributed by atoms with van der Waals surface area (Å²) in [4.78, 5) is 24.3. The van der Waals surface area contributed by atoms with Crippen molar-refractivity contribution in [2.24, 2.45) is 5.92 Å². The summed E-state index contributed by atoms with van der Waals surface area (Å²) in [5.74, 6) is 0.501. The summed E-state index contributed by atoms with van der Waals surface area (Å²) in [5.41, 5.74) is 2.64. The van der Waals surface area contributed by atoms with E-state index in [9.17, 15) is 18.3 Å². The van der Waals surface area contributed by atoms with Crippen LogP contribution in [0.4, 0.5) is 0 Å². The number of ether oxygens (including phenoxy) is 1. The number of para-hydroxylation sites is 1. The van der Waals surface area contributed by atoms with Crippen LogP contribution in [0.5, 0.6) is 5.75 Å². The fourth-order valence-corrected chi connectivity index (χ4v) is 8.97. The minimum absolute atomic E-state index is 0.0401. The third-order valence-electron chi connectivity index (χ3n) is 9.00. The number of carbonyl (C=O) groups is 1. The van der Waals surface area contributed by atoms with Crippen molar-refractivity contribution in [3.05, 3.63) is 76.4 Å². The molecule has 4 heterocycles. The van der Waals surface area contributed by atoms with Gasteiger partial charge < -0.3 is 24.6 Å². The van der Waals surface area contributed by atoms with Gasteiger partial charge in [-0.05, 0) is 75.9 Å². The van der Waals surface area contributed by atoms with Gasteiger partial charge in [0, 0.05) is 53.7 Å². The van der Waals surface area contributed by atoms with Crippen LogP contribution < -0.4 is 10.1 Å². The minimum atomic E-state index is -4.14. The Morgan fingerprint density at radius 2 is 1.94 bits per heavy atom. The van der Waals surface area contributed by atoms with Gasteiger partial charge in [0.15, 0.2) is 0 Å². The molecule has 250 valence electrons. The number of imidazole rings is 1. The molecule has 2 aliphatic rings. The number of benzene rings is 2. The van der Waals surface area contributed by atoms with Crippen molar-refractivity contribution in [2.45, 2.75) is 50.2 Å². The van der Waals surface area contributed by atoms with Crippen molar-refractivity contribution in [1.82, 2.24) is 29.1 Å². The smallest absolute Gasteiger partial charge is 0.245 e. The maximum atomic E-state index is 14.0. The Balaban J connectivity index is 1.18. The van der Waals surface area contributed by atoms with Crippen LogP contribution in [0.15, 0.2) is 60.0 Å². The van der Waals surface area contributed by atoms with Crippen molar-refractivity contribution in [2.75, 3.05) is 39.3 Å². The molecule has 0 saturated carbocycles. The van der Waals surface area contributed by atoms with Gasteiger partial charge in [-0.15, -0.1) is 0 Å². The maximum Gasteiger partial charge on any atom is 0.245 e. The first kappa shape index (κ1) is 33.6. The summed E-state index contributed by atoms with van der Waals surface area (Å²) in [6.45, 7) is 5.03. The SMILES string of the molecule is Cc1cc(-n2ccnc2)c2cccc(OCc3c(Cl)ccc(S(=O)(=O)N4CCC[C@H]4C(=O)NCC4CCN(CCO)CC4)c3Cl)c2n1. The van der Waals surface area contributed by atoms with E-state index >= 15 is 0 Å². The molecule has 0 radical (unpaired) electrons. The van der Waals surface area contributed by atoms with E-state index in [1.807, 2.05) is 35.9 Å². The molecule has 2 aromatic carbocycles. The number of likely N-dealkylation sites (tertiary alicyclic amines) is 1. The molecule has 2 saturated heterocycles. The van der Waals surface area contributed by atoms with Crippen LogP contribution >= 0.6 is 23.2 Å². The normalized spacial score (nSPS) is 18.2. The van der Waals surface area contributed by atoms with Crippen LogP contribution in [0.2, 0.25) is 10.0 Å². The third kappa shape index (κ3) is 7.13. The molecule has 47 heavy (non-hydrogen) atoms. The monoisotopic (exact) mass is 700 g/mol. The topological polar surface area (TPSA) is 130 Å². The standard InChI is InChI=1S/C33H38Cl2N6O5S/c1-22-18-28(40-15-11-36-21-40)24-4-2-6-29(32(24)38-22)46-20-25-26(34)7-8-30(31(25)35)47(44,45)41-12-3-5-27(41)33(43)37-19-23-9-13-39(14-10-23)16-17-42/h2,4,6-8,11,15,18,21,23,27,42H,3,5,9-10,12-14,16-17,19-20H2,1H3,(H,37,43)/t27-/m0/s1. The Morgan fingerprint density at radius 3 is 2.68 bits per heavy atom. The Morgan fingerprint density at radius 1 is 1.13 bits per heavy atom. The molecule has 14 heteroatoms. The highest BCUT2D eigenvalue weighted by molar-refractivity contribution is 7.89. The Labute approximate surface area is 284 Å². The van der Waals surface area contributed by atoms with Gasteiger partial charge >= 0.3 is 0 Å². The average Bonchev–Trinajstić information content (AvgIpc) is 3.78. The molecular formula is C33H38Cl2N6O5S. The first-order valence-electron chi connectivity index (χ1n) is 15.8. The Bertz CT molecular complexity index is 1850. The van der Waals surface area contributed by atoms with Crippen molar-refractivity contribution >= 4 is 50.0 Å². The molecule has 0 unspecified atom stereocenters. The number of amides is 1. The minimum Gasteiger partial charge on any atom is -0.487 e.